The summed E-state index contributed by atoms with van der Waals surface area (Å²) in [5.41, 5.74) is 5.88. The average molecular weight is 416 g/mol. The van der Waals surface area contributed by atoms with E-state index in [1.165, 1.54) is 4.57 Å². The first-order valence-corrected chi connectivity index (χ1v) is 11.3. The number of aryl methyl sites for hydroxylation is 1. The number of amides is 1. The Morgan fingerprint density at radius 3 is 2.17 bits per heavy atom. The van der Waals surface area contributed by atoms with Crippen molar-refractivity contribution in [2.75, 3.05) is 0 Å². The van der Waals surface area contributed by atoms with Crippen LogP contribution in [-0.2, 0) is 23.3 Å². The maximum atomic E-state index is 13.0. The number of hydrogen-bond acceptors (Lipinski definition) is 4. The zero-order valence-electron chi connectivity index (χ0n) is 18.3. The minimum absolute atomic E-state index is 0.00223. The van der Waals surface area contributed by atoms with Crippen LogP contribution in [0.15, 0.2) is 9.59 Å². The normalized spacial score (nSPS) is 26.9. The number of aromatic amines is 1. The molecule has 3 saturated carbocycles. The molecule has 1 unspecified atom stereocenters. The highest BCUT2D eigenvalue weighted by Crippen LogP contribution is 2.60. The molecular weight excluding hydrogens is 382 g/mol. The van der Waals surface area contributed by atoms with Crippen LogP contribution in [-0.4, -0.2) is 25.0 Å². The number of nitrogens with one attached hydrogen (secondary N) is 1. The van der Waals surface area contributed by atoms with Crippen molar-refractivity contribution in [3.63, 3.8) is 0 Å². The fraction of sp³-hybridized carbons (Fsp3) is 0.727. The minimum Gasteiger partial charge on any atom is -0.369 e. The van der Waals surface area contributed by atoms with Gasteiger partial charge in [-0.1, -0.05) is 20.8 Å². The lowest BCUT2D eigenvalue weighted by atomic mass is 9.50. The summed E-state index contributed by atoms with van der Waals surface area (Å²) in [6.07, 6.45) is 7.10. The van der Waals surface area contributed by atoms with E-state index in [2.05, 4.69) is 4.98 Å². The van der Waals surface area contributed by atoms with Crippen molar-refractivity contribution in [2.45, 2.75) is 90.6 Å². The van der Waals surface area contributed by atoms with Crippen LogP contribution in [0.4, 0.5) is 0 Å². The first kappa shape index (κ1) is 20.9. The molecular formula is C22H33N5O3. The van der Waals surface area contributed by atoms with Crippen LogP contribution in [0, 0.1) is 11.3 Å². The van der Waals surface area contributed by atoms with Gasteiger partial charge in [-0.2, -0.15) is 0 Å². The summed E-state index contributed by atoms with van der Waals surface area (Å²) in [5.74, 6) is 0.490. The molecule has 0 saturated heterocycles. The Kier molecular flexibility index (Phi) is 5.14. The van der Waals surface area contributed by atoms with Gasteiger partial charge in [0.05, 0.1) is 0 Å². The molecule has 2 aromatic rings. The van der Waals surface area contributed by atoms with Crippen molar-refractivity contribution < 1.29 is 4.79 Å². The molecule has 5 rings (SSSR count). The second-order valence-corrected chi connectivity index (χ2v) is 9.44. The summed E-state index contributed by atoms with van der Waals surface area (Å²) >= 11 is 0. The van der Waals surface area contributed by atoms with Gasteiger partial charge in [0.25, 0.3) is 5.56 Å². The lowest BCUT2D eigenvalue weighted by Crippen LogP contribution is -2.50. The van der Waals surface area contributed by atoms with E-state index in [-0.39, 0.29) is 33.9 Å². The number of aromatic nitrogens is 4. The molecule has 0 radical (unpaired) electrons. The molecule has 3 N–H and O–H groups in total. The number of nitrogens with two attached hydrogens (primary N) is 1. The quantitative estimate of drug-likeness (QED) is 0.722. The Morgan fingerprint density at radius 1 is 1.07 bits per heavy atom. The zero-order chi connectivity index (χ0) is 21.7. The number of carbonyl (C=O) groups is 1. The molecule has 3 aliphatic carbocycles. The van der Waals surface area contributed by atoms with Crippen molar-refractivity contribution in [2.24, 2.45) is 17.1 Å². The topological polar surface area (TPSA) is 116 Å². The molecule has 164 valence electrons. The predicted molar refractivity (Wildman–Crippen MR) is 115 cm³/mol. The summed E-state index contributed by atoms with van der Waals surface area (Å²) in [6.45, 7) is 6.88. The van der Waals surface area contributed by atoms with Crippen molar-refractivity contribution in [1.82, 2.24) is 19.1 Å². The van der Waals surface area contributed by atoms with Gasteiger partial charge in [-0.25, -0.2) is 9.78 Å². The molecule has 1 atom stereocenters. The Morgan fingerprint density at radius 2 is 1.63 bits per heavy atom. The van der Waals surface area contributed by atoms with E-state index in [1.807, 2.05) is 20.8 Å². The molecule has 2 aromatic heterocycles. The molecule has 8 heteroatoms. The molecule has 1 amide bonds. The standard InChI is InChI=1S/C22H33N5O3/c1-4-12-26-17-15(18(29)27(13-5-2)20(26)30)24-19(25-17)22-9-6-21(7-10-22,8-11-22)14(3)16(23)28/h14H,4-13H2,1-3H3,(H2,23,28)(H,24,25). The monoisotopic (exact) mass is 415 g/mol. The Bertz CT molecular complexity index is 1070. The van der Waals surface area contributed by atoms with E-state index in [0.29, 0.717) is 24.3 Å². The first-order chi connectivity index (χ1) is 14.3. The van der Waals surface area contributed by atoms with Crippen LogP contribution in [0.2, 0.25) is 0 Å². The molecule has 3 fully saturated rings. The van der Waals surface area contributed by atoms with Gasteiger partial charge in [0.2, 0.25) is 5.91 Å². The lowest BCUT2D eigenvalue weighted by molar-refractivity contribution is -0.129. The summed E-state index contributed by atoms with van der Waals surface area (Å²) in [5, 5.41) is 0. The minimum atomic E-state index is -0.275. The molecule has 2 bridgehead atoms. The number of rotatable bonds is 7. The summed E-state index contributed by atoms with van der Waals surface area (Å²) in [7, 11) is 0. The highest BCUT2D eigenvalue weighted by Gasteiger charge is 2.53. The van der Waals surface area contributed by atoms with Crippen LogP contribution in [0.5, 0.6) is 0 Å². The van der Waals surface area contributed by atoms with E-state index >= 15 is 0 Å². The fourth-order valence-corrected chi connectivity index (χ4v) is 5.78. The van der Waals surface area contributed by atoms with Crippen LogP contribution < -0.4 is 17.0 Å². The molecule has 0 spiro atoms. The number of fused-ring (bicyclic) bond motifs is 4. The van der Waals surface area contributed by atoms with Gasteiger partial charge < -0.3 is 10.7 Å². The zero-order valence-corrected chi connectivity index (χ0v) is 18.3. The maximum Gasteiger partial charge on any atom is 0.332 e. The molecule has 0 aromatic carbocycles. The van der Waals surface area contributed by atoms with Gasteiger partial charge in [-0.05, 0) is 56.8 Å². The summed E-state index contributed by atoms with van der Waals surface area (Å²) in [4.78, 5) is 46.0. The van der Waals surface area contributed by atoms with Gasteiger partial charge in [0.1, 0.15) is 11.3 Å². The van der Waals surface area contributed by atoms with Gasteiger partial charge in [-0.3, -0.25) is 18.7 Å². The fourth-order valence-electron chi connectivity index (χ4n) is 5.78. The molecule has 3 aliphatic rings. The Balaban J connectivity index is 1.78. The van der Waals surface area contributed by atoms with Gasteiger partial charge in [0.15, 0.2) is 5.65 Å². The van der Waals surface area contributed by atoms with Crippen molar-refractivity contribution in [1.29, 1.82) is 0 Å². The van der Waals surface area contributed by atoms with Crippen molar-refractivity contribution in [3.05, 3.63) is 26.7 Å². The smallest absolute Gasteiger partial charge is 0.332 e. The number of carbonyl (C=O) groups excluding carboxylic acids is 1. The number of nitrogens with zero attached hydrogens (tertiary/aromatic N) is 3. The first-order valence-electron chi connectivity index (χ1n) is 11.3. The third-order valence-electron chi connectivity index (χ3n) is 7.91. The van der Waals surface area contributed by atoms with Crippen molar-refractivity contribution >= 4 is 17.1 Å². The lowest BCUT2D eigenvalue weighted by Gasteiger charge is -2.54. The third kappa shape index (κ3) is 2.94. The highest BCUT2D eigenvalue weighted by molar-refractivity contribution is 5.77. The Hall–Kier alpha value is -2.38. The van der Waals surface area contributed by atoms with E-state index < -0.39 is 0 Å². The SMILES string of the molecule is CCCn1c(=O)c2[nH]c(C34CCC(C(C)C(N)=O)(CC3)CC4)nc2n(CCC)c1=O. The molecule has 8 nitrogen and oxygen atoms in total. The average Bonchev–Trinajstić information content (AvgIpc) is 3.21. The van der Waals surface area contributed by atoms with Gasteiger partial charge in [0, 0.05) is 24.4 Å². The number of imidazole rings is 1. The molecule has 30 heavy (non-hydrogen) atoms. The predicted octanol–water partition coefficient (Wildman–Crippen LogP) is 2.42. The summed E-state index contributed by atoms with van der Waals surface area (Å²) in [6, 6.07) is 0. The largest absolute Gasteiger partial charge is 0.369 e. The van der Waals surface area contributed by atoms with E-state index in [1.54, 1.807) is 4.57 Å². The third-order valence-corrected chi connectivity index (χ3v) is 7.91. The van der Waals surface area contributed by atoms with Gasteiger partial charge in [-0.15, -0.1) is 0 Å². The van der Waals surface area contributed by atoms with E-state index in [9.17, 15) is 14.4 Å². The van der Waals surface area contributed by atoms with Crippen molar-refractivity contribution in [3.8, 4) is 0 Å². The van der Waals surface area contributed by atoms with Crippen LogP contribution in [0.3, 0.4) is 0 Å². The van der Waals surface area contributed by atoms with Gasteiger partial charge >= 0.3 is 5.69 Å². The maximum absolute atomic E-state index is 13.0. The number of H-pyrrole nitrogens is 1. The van der Waals surface area contributed by atoms with E-state index in [0.717, 1.165) is 57.2 Å². The molecule has 2 heterocycles. The number of hydrogen-bond donors (Lipinski definition) is 2. The summed E-state index contributed by atoms with van der Waals surface area (Å²) < 4.78 is 2.98. The second-order valence-electron chi connectivity index (χ2n) is 9.44. The number of primary amides is 1. The van der Waals surface area contributed by atoms with Crippen LogP contribution in [0.1, 0.15) is 78.0 Å². The Labute approximate surface area is 175 Å². The highest BCUT2D eigenvalue weighted by atomic mass is 16.2. The van der Waals surface area contributed by atoms with E-state index in [4.69, 9.17) is 10.7 Å². The molecule has 0 aliphatic heterocycles. The second kappa shape index (κ2) is 7.39. The van der Waals surface area contributed by atoms with Crippen LogP contribution >= 0.6 is 0 Å². The van der Waals surface area contributed by atoms with Crippen LogP contribution in [0.25, 0.3) is 11.2 Å².